The monoisotopic (exact) mass is 411 g/mol. The van der Waals surface area contributed by atoms with Crippen molar-refractivity contribution in [3.63, 3.8) is 0 Å². The first kappa shape index (κ1) is 21.0. The molecular formula is C23H33N5O2. The summed E-state index contributed by atoms with van der Waals surface area (Å²) in [6, 6.07) is 3.91. The molecule has 0 unspecified atom stereocenters. The Labute approximate surface area is 178 Å². The Hall–Kier alpha value is -2.28. The number of carbonyl (C=O) groups is 2. The number of nitrogens with zero attached hydrogens (tertiary/aromatic N) is 5. The molecule has 0 N–H and O–H groups in total. The van der Waals surface area contributed by atoms with Gasteiger partial charge in [0.15, 0.2) is 11.4 Å². The van der Waals surface area contributed by atoms with E-state index in [1.165, 1.54) is 24.4 Å². The average molecular weight is 412 g/mol. The first-order valence-corrected chi connectivity index (χ1v) is 11.5. The molecule has 0 radical (unpaired) electrons. The maximum absolute atomic E-state index is 13.1. The summed E-state index contributed by atoms with van der Waals surface area (Å²) in [6.45, 7) is 8.79. The lowest BCUT2D eigenvalue weighted by Crippen LogP contribution is -2.34. The van der Waals surface area contributed by atoms with E-state index in [4.69, 9.17) is 4.98 Å². The number of pyridine rings is 1. The van der Waals surface area contributed by atoms with E-state index in [9.17, 15) is 9.59 Å². The summed E-state index contributed by atoms with van der Waals surface area (Å²) in [7, 11) is 0. The second-order valence-electron chi connectivity index (χ2n) is 8.73. The van der Waals surface area contributed by atoms with E-state index >= 15 is 0 Å². The highest BCUT2D eigenvalue weighted by Gasteiger charge is 2.26. The van der Waals surface area contributed by atoms with E-state index in [1.807, 2.05) is 12.1 Å². The van der Waals surface area contributed by atoms with Gasteiger partial charge in [-0.1, -0.05) is 19.8 Å². The van der Waals surface area contributed by atoms with Crippen molar-refractivity contribution in [3.8, 4) is 0 Å². The highest BCUT2D eigenvalue weighted by atomic mass is 16.2. The first-order chi connectivity index (χ1) is 14.6. The lowest BCUT2D eigenvalue weighted by Gasteiger charge is -2.30. The summed E-state index contributed by atoms with van der Waals surface area (Å²) in [5.41, 5.74) is 0.904. The van der Waals surface area contributed by atoms with Gasteiger partial charge in [-0.25, -0.2) is 4.98 Å². The van der Waals surface area contributed by atoms with Crippen molar-refractivity contribution in [2.24, 2.45) is 5.92 Å². The standard InChI is InChI=1S/C23H33N5O2/c1-3-26-14-10-18(11-15-26)16-20(30)22-19-8-9-21(27-12-6-4-5-7-13-27)24-23(19)28(25-22)17(2)29/h8-9,18H,3-7,10-16H2,1-2H3. The van der Waals surface area contributed by atoms with E-state index < -0.39 is 0 Å². The molecule has 7 nitrogen and oxygen atoms in total. The van der Waals surface area contributed by atoms with Crippen LogP contribution >= 0.6 is 0 Å². The number of hydrogen-bond acceptors (Lipinski definition) is 6. The van der Waals surface area contributed by atoms with Crippen molar-refractivity contribution in [2.75, 3.05) is 37.6 Å². The summed E-state index contributed by atoms with van der Waals surface area (Å²) >= 11 is 0. The first-order valence-electron chi connectivity index (χ1n) is 11.5. The lowest BCUT2D eigenvalue weighted by molar-refractivity contribution is 0.0916. The number of anilines is 1. The Kier molecular flexibility index (Phi) is 6.46. The average Bonchev–Trinajstić information content (AvgIpc) is 2.93. The number of piperidine rings is 1. The third-order valence-electron chi connectivity index (χ3n) is 6.64. The minimum atomic E-state index is -0.212. The zero-order chi connectivity index (χ0) is 21.1. The molecule has 0 spiro atoms. The zero-order valence-electron chi connectivity index (χ0n) is 18.3. The predicted octanol–water partition coefficient (Wildman–Crippen LogP) is 3.78. The van der Waals surface area contributed by atoms with Crippen LogP contribution in [0.15, 0.2) is 12.1 Å². The second-order valence-corrected chi connectivity index (χ2v) is 8.73. The van der Waals surface area contributed by atoms with Crippen LogP contribution < -0.4 is 4.90 Å². The molecular weight excluding hydrogens is 378 g/mol. The van der Waals surface area contributed by atoms with Crippen molar-refractivity contribution in [1.29, 1.82) is 0 Å². The summed E-state index contributed by atoms with van der Waals surface area (Å²) in [6.07, 6.45) is 7.40. The molecule has 4 heterocycles. The molecule has 2 aliphatic heterocycles. The van der Waals surface area contributed by atoms with Gasteiger partial charge in [-0.3, -0.25) is 9.59 Å². The quantitative estimate of drug-likeness (QED) is 0.698. The van der Waals surface area contributed by atoms with E-state index in [2.05, 4.69) is 21.8 Å². The Bertz CT molecular complexity index is 906. The summed E-state index contributed by atoms with van der Waals surface area (Å²) in [5.74, 6) is 1.08. The SMILES string of the molecule is CCN1CCC(CC(=O)c2nn(C(C)=O)c3nc(N4CCCCCC4)ccc23)CC1. The van der Waals surface area contributed by atoms with Crippen LogP contribution in [0.1, 0.15) is 74.1 Å². The fourth-order valence-electron chi connectivity index (χ4n) is 4.75. The number of fused-ring (bicyclic) bond motifs is 1. The maximum atomic E-state index is 13.1. The molecule has 0 bridgehead atoms. The van der Waals surface area contributed by atoms with E-state index in [-0.39, 0.29) is 11.7 Å². The summed E-state index contributed by atoms with van der Waals surface area (Å²) < 4.78 is 1.31. The largest absolute Gasteiger partial charge is 0.357 e. The molecule has 2 aliphatic rings. The van der Waals surface area contributed by atoms with Gasteiger partial charge >= 0.3 is 0 Å². The van der Waals surface area contributed by atoms with Crippen LogP contribution in [0.5, 0.6) is 0 Å². The fourth-order valence-corrected chi connectivity index (χ4v) is 4.75. The molecule has 4 rings (SSSR count). The lowest BCUT2D eigenvalue weighted by atomic mass is 9.90. The van der Waals surface area contributed by atoms with Gasteiger partial charge in [-0.15, -0.1) is 0 Å². The molecule has 2 fully saturated rings. The van der Waals surface area contributed by atoms with E-state index in [1.54, 1.807) is 0 Å². The number of likely N-dealkylation sites (tertiary alicyclic amines) is 1. The van der Waals surface area contributed by atoms with Crippen molar-refractivity contribution in [2.45, 2.75) is 58.8 Å². The van der Waals surface area contributed by atoms with Crippen LogP contribution in [0, 0.1) is 5.92 Å². The van der Waals surface area contributed by atoms with Crippen molar-refractivity contribution in [3.05, 3.63) is 17.8 Å². The molecule has 30 heavy (non-hydrogen) atoms. The fraction of sp³-hybridized carbons (Fsp3) is 0.652. The molecule has 0 aliphatic carbocycles. The summed E-state index contributed by atoms with van der Waals surface area (Å²) in [5, 5.41) is 5.11. The second kappa shape index (κ2) is 9.25. The third-order valence-corrected chi connectivity index (χ3v) is 6.64. The van der Waals surface area contributed by atoms with Crippen LogP contribution in [0.4, 0.5) is 5.82 Å². The maximum Gasteiger partial charge on any atom is 0.245 e. The highest BCUT2D eigenvalue weighted by Crippen LogP contribution is 2.27. The van der Waals surface area contributed by atoms with Crippen LogP contribution in [-0.4, -0.2) is 64.1 Å². The molecule has 2 aromatic heterocycles. The predicted molar refractivity (Wildman–Crippen MR) is 118 cm³/mol. The molecule has 2 aromatic rings. The van der Waals surface area contributed by atoms with E-state index in [0.29, 0.717) is 29.1 Å². The van der Waals surface area contributed by atoms with E-state index in [0.717, 1.165) is 64.2 Å². The van der Waals surface area contributed by atoms with Gasteiger partial charge in [0, 0.05) is 26.4 Å². The van der Waals surface area contributed by atoms with Crippen LogP contribution in [0.2, 0.25) is 0 Å². The van der Waals surface area contributed by atoms with Gasteiger partial charge in [0.2, 0.25) is 5.91 Å². The topological polar surface area (TPSA) is 71.3 Å². The van der Waals surface area contributed by atoms with Gasteiger partial charge in [-0.2, -0.15) is 9.78 Å². The minimum Gasteiger partial charge on any atom is -0.357 e. The Morgan fingerprint density at radius 1 is 1.03 bits per heavy atom. The van der Waals surface area contributed by atoms with Gasteiger partial charge in [-0.05, 0) is 63.4 Å². The van der Waals surface area contributed by atoms with Crippen LogP contribution in [0.25, 0.3) is 11.0 Å². The molecule has 0 amide bonds. The van der Waals surface area contributed by atoms with Crippen molar-refractivity contribution >= 4 is 28.5 Å². The number of aromatic nitrogens is 3. The molecule has 7 heteroatoms. The Morgan fingerprint density at radius 3 is 2.37 bits per heavy atom. The highest BCUT2D eigenvalue weighted by molar-refractivity contribution is 6.07. The number of carbonyl (C=O) groups excluding carboxylic acids is 2. The Morgan fingerprint density at radius 2 is 1.73 bits per heavy atom. The molecule has 0 aromatic carbocycles. The van der Waals surface area contributed by atoms with Gasteiger partial charge in [0.05, 0.1) is 5.39 Å². The van der Waals surface area contributed by atoms with Crippen LogP contribution in [0.3, 0.4) is 0 Å². The van der Waals surface area contributed by atoms with Crippen molar-refractivity contribution in [1.82, 2.24) is 19.7 Å². The molecule has 0 saturated carbocycles. The number of rotatable bonds is 5. The number of hydrogen-bond donors (Lipinski definition) is 0. The Balaban J connectivity index is 1.59. The normalized spacial score (nSPS) is 19.2. The number of Topliss-reactive ketones (excluding diaryl/α,β-unsaturated/α-hetero) is 1. The number of ketones is 1. The van der Waals surface area contributed by atoms with Gasteiger partial charge in [0.25, 0.3) is 0 Å². The van der Waals surface area contributed by atoms with Gasteiger partial charge in [0.1, 0.15) is 11.5 Å². The smallest absolute Gasteiger partial charge is 0.245 e. The third kappa shape index (κ3) is 4.41. The molecule has 162 valence electrons. The minimum absolute atomic E-state index is 0.0271. The van der Waals surface area contributed by atoms with Gasteiger partial charge < -0.3 is 9.80 Å². The molecule has 0 atom stereocenters. The zero-order valence-corrected chi connectivity index (χ0v) is 18.3. The van der Waals surface area contributed by atoms with Crippen LogP contribution in [-0.2, 0) is 0 Å². The summed E-state index contributed by atoms with van der Waals surface area (Å²) in [4.78, 5) is 34.8. The molecule has 2 saturated heterocycles. The van der Waals surface area contributed by atoms with Crippen molar-refractivity contribution < 1.29 is 9.59 Å².